The van der Waals surface area contributed by atoms with Gasteiger partial charge in [-0.25, -0.2) is 0 Å². The van der Waals surface area contributed by atoms with Crippen LogP contribution in [0, 0.1) is 5.40 Å². The first-order valence-corrected chi connectivity index (χ1v) is 15.9. The van der Waals surface area contributed by atoms with Crippen LogP contribution in [0.5, 0.6) is 0 Å². The van der Waals surface area contributed by atoms with E-state index < -0.39 is 26.7 Å². The van der Waals surface area contributed by atoms with Crippen LogP contribution in [0.25, 0.3) is 0 Å². The average molecular weight is 641 g/mol. The van der Waals surface area contributed by atoms with E-state index in [1.54, 1.807) is 30.1 Å². The first kappa shape index (κ1) is 27.4. The van der Waals surface area contributed by atoms with Crippen molar-refractivity contribution in [1.82, 2.24) is 10.3 Å². The third kappa shape index (κ3) is 7.07. The summed E-state index contributed by atoms with van der Waals surface area (Å²) in [6, 6.07) is 20.1. The number of sulfonamides is 1. The van der Waals surface area contributed by atoms with Crippen molar-refractivity contribution in [3.05, 3.63) is 101 Å². The molecule has 0 spiro atoms. The number of nitrogens with one attached hydrogen (secondary N) is 2. The Morgan fingerprint density at radius 3 is 2.51 bits per heavy atom. The maximum absolute atomic E-state index is 13.3. The molecule has 0 saturated carbocycles. The summed E-state index contributed by atoms with van der Waals surface area (Å²) in [6.07, 6.45) is -4.22. The van der Waals surface area contributed by atoms with Crippen molar-refractivity contribution >= 4 is 53.0 Å². The van der Waals surface area contributed by atoms with E-state index in [9.17, 15) is 21.6 Å². The van der Waals surface area contributed by atoms with Gasteiger partial charge in [-0.3, -0.25) is 0 Å². The van der Waals surface area contributed by atoms with Gasteiger partial charge >= 0.3 is 238 Å². The molecule has 204 valence electrons. The molecule has 1 unspecified atom stereocenters. The molecule has 1 aliphatic heterocycles. The zero-order valence-corrected chi connectivity index (χ0v) is 23.7. The van der Waals surface area contributed by atoms with Crippen molar-refractivity contribution in [1.29, 1.82) is 5.40 Å². The van der Waals surface area contributed by atoms with Gasteiger partial charge in [0.15, 0.2) is 0 Å². The Bertz CT molecular complexity index is 1550. The molecule has 1 heterocycles. The number of benzene rings is 3. The summed E-state index contributed by atoms with van der Waals surface area (Å²) in [6.45, 7) is 0.225. The van der Waals surface area contributed by atoms with E-state index in [-0.39, 0.29) is 38.1 Å². The summed E-state index contributed by atoms with van der Waals surface area (Å²) in [5.74, 6) is 1.35. The second-order valence-electron chi connectivity index (χ2n) is 8.42. The van der Waals surface area contributed by atoms with Crippen molar-refractivity contribution in [2.24, 2.45) is 9.50 Å². The van der Waals surface area contributed by atoms with Gasteiger partial charge in [0.05, 0.1) is 0 Å². The first-order valence-electron chi connectivity index (χ1n) is 12.0. The molecular weight excluding hydrogens is 618 g/mol. The van der Waals surface area contributed by atoms with Crippen LogP contribution in [0.4, 0.5) is 13.2 Å². The molecule has 13 heteroatoms. The molecule has 1 atom stereocenters. The van der Waals surface area contributed by atoms with Crippen molar-refractivity contribution in [3.8, 4) is 0 Å². The molecule has 3 aromatic rings. The van der Waals surface area contributed by atoms with Crippen molar-refractivity contribution in [3.63, 3.8) is 0 Å². The molecule has 39 heavy (non-hydrogen) atoms. The monoisotopic (exact) mass is 641 g/mol. The second kappa shape index (κ2) is 11.9. The molecule has 1 aliphatic rings. The number of alkyl halides is 3. The fourth-order valence-corrected chi connectivity index (χ4v) is 5.49. The standard InChI is InChI=1S/C26H23ClF3N5O2SSe/c1-39-24(31)32-25(34-38(36,37)21-9-5-8-19(16-21)26(28,29)30)35-15-14-22(17-6-3-2-4-7-17)23(33-35)18-10-12-20(27)13-11-18/h2-13,16,22H,14-15H2,1H3,(H2,31,32,34). The average Bonchev–Trinajstić information content (AvgIpc) is 2.95. The van der Waals surface area contributed by atoms with Gasteiger partial charge in [0, 0.05) is 0 Å². The summed E-state index contributed by atoms with van der Waals surface area (Å²) in [5.41, 5.74) is 1.25. The molecular formula is C26H23ClF3N5O2SSe. The number of hydrogen-bond acceptors (Lipinski definition) is 4. The fourth-order valence-electron chi connectivity index (χ4n) is 3.96. The molecule has 3 aromatic carbocycles. The van der Waals surface area contributed by atoms with E-state index in [1.165, 1.54) is 5.01 Å². The van der Waals surface area contributed by atoms with E-state index in [0.717, 1.165) is 29.3 Å². The van der Waals surface area contributed by atoms with Gasteiger partial charge in [0.25, 0.3) is 0 Å². The van der Waals surface area contributed by atoms with Crippen molar-refractivity contribution in [2.45, 2.75) is 29.2 Å². The molecule has 0 bridgehead atoms. The molecule has 0 fully saturated rings. The van der Waals surface area contributed by atoms with E-state index in [1.807, 2.05) is 30.3 Å². The van der Waals surface area contributed by atoms with Crippen LogP contribution in [-0.4, -0.2) is 51.3 Å². The predicted molar refractivity (Wildman–Crippen MR) is 147 cm³/mol. The van der Waals surface area contributed by atoms with Crippen LogP contribution < -0.4 is 5.32 Å². The Hall–Kier alpha value is -3.18. The summed E-state index contributed by atoms with van der Waals surface area (Å²) >= 11 is 5.74. The molecule has 0 aromatic heterocycles. The summed E-state index contributed by atoms with van der Waals surface area (Å²) in [4.78, 5) is -0.630. The van der Waals surface area contributed by atoms with Crippen LogP contribution in [0.15, 0.2) is 93.3 Å². The van der Waals surface area contributed by atoms with Gasteiger partial charge in [-0.2, -0.15) is 0 Å². The minimum atomic E-state index is -4.73. The predicted octanol–water partition coefficient (Wildman–Crippen LogP) is 5.57. The number of hydrogen-bond donors (Lipinski definition) is 2. The number of hydrazone groups is 1. The third-order valence-corrected chi connectivity index (χ3v) is 8.39. The topological polar surface area (TPSA) is 98.0 Å². The number of rotatable bonds is 5. The quantitative estimate of drug-likeness (QED) is 0.216. The molecule has 0 radical (unpaired) electrons. The van der Waals surface area contributed by atoms with Gasteiger partial charge in [-0.1, -0.05) is 0 Å². The van der Waals surface area contributed by atoms with Gasteiger partial charge in [0.2, 0.25) is 0 Å². The van der Waals surface area contributed by atoms with E-state index >= 15 is 0 Å². The van der Waals surface area contributed by atoms with Gasteiger partial charge < -0.3 is 0 Å². The second-order valence-corrected chi connectivity index (χ2v) is 12.1. The van der Waals surface area contributed by atoms with Gasteiger partial charge in [-0.05, 0) is 0 Å². The maximum atomic E-state index is 13.3. The van der Waals surface area contributed by atoms with Crippen molar-refractivity contribution in [2.75, 3.05) is 6.54 Å². The Kier molecular flexibility index (Phi) is 8.37. The van der Waals surface area contributed by atoms with Crippen LogP contribution in [-0.2, 0) is 16.2 Å². The molecule has 0 amide bonds. The number of guanidine groups is 1. The molecule has 0 saturated heterocycles. The summed E-state index contributed by atoms with van der Waals surface area (Å²) in [5, 5.41) is 12.8. The summed E-state index contributed by atoms with van der Waals surface area (Å²) in [7, 11) is -4.62. The molecule has 2 N–H and O–H groups in total. The Morgan fingerprint density at radius 1 is 1.15 bits per heavy atom. The van der Waals surface area contributed by atoms with Crippen LogP contribution >= 0.6 is 11.6 Å². The number of amidine groups is 1. The van der Waals surface area contributed by atoms with Crippen LogP contribution in [0.2, 0.25) is 12.3 Å². The Balaban J connectivity index is 1.83. The SMILES string of the molecule is [H]/N=C(/N/C(=N/S(=O)(=O)c1cccc(C(F)(F)F)c1)N1CCC(c2ccccc2)C(c2ccc(Cl)cc2)=N1)[Se]C. The van der Waals surface area contributed by atoms with Crippen LogP contribution in [0.3, 0.4) is 0 Å². The van der Waals surface area contributed by atoms with E-state index in [4.69, 9.17) is 18.1 Å². The summed E-state index contributed by atoms with van der Waals surface area (Å²) < 4.78 is 77.7. The van der Waals surface area contributed by atoms with E-state index in [2.05, 4.69) is 15.1 Å². The molecule has 7 nitrogen and oxygen atoms in total. The first-order chi connectivity index (χ1) is 19.0. The van der Waals surface area contributed by atoms with Crippen molar-refractivity contribution < 1.29 is 23.0 Å². The zero-order chi connectivity index (χ0) is 28.9. The Labute approximate surface area is 237 Å². The molecule has 4 rings (SSSR count). The Morgan fingerprint density at radius 2 is 1.87 bits per heavy atom. The minimum absolute atomic E-state index is 0.139. The molecule has 0 aliphatic carbocycles. The fraction of sp³-hybridized carbons (Fsp3) is 0.192. The number of nitrogens with zero attached hydrogens (tertiary/aromatic N) is 3. The third-order valence-electron chi connectivity index (χ3n) is 5.85. The zero-order valence-electron chi connectivity index (χ0n) is 21.4. The van der Waals surface area contributed by atoms with Crippen LogP contribution in [0.1, 0.15) is 29.0 Å². The van der Waals surface area contributed by atoms with Gasteiger partial charge in [0.1, 0.15) is 0 Å². The van der Waals surface area contributed by atoms with Gasteiger partial charge in [-0.15, -0.1) is 0 Å². The number of halogens is 4. The normalized spacial score (nSPS) is 17.5. The van der Waals surface area contributed by atoms with E-state index in [0.29, 0.717) is 23.2 Å².